The molecule has 0 saturated heterocycles. The van der Waals surface area contributed by atoms with Crippen LogP contribution in [0.15, 0.2) is 48.5 Å². The standard InChI is InChI=1S/C22H24O4/c1-5-19(23)15-7-9-17(10-8-15)21(25)22(3,4)26-18-13-11-16(12-14-18)20(24)6-2/h7-14H,5-6H2,1-4H3. The van der Waals surface area contributed by atoms with Crippen LogP contribution in [0.5, 0.6) is 5.75 Å². The fourth-order valence-corrected chi connectivity index (χ4v) is 2.61. The Morgan fingerprint density at radius 1 is 0.731 bits per heavy atom. The van der Waals surface area contributed by atoms with Gasteiger partial charge in [0.25, 0.3) is 0 Å². The molecule has 0 N–H and O–H groups in total. The zero-order valence-electron chi connectivity index (χ0n) is 15.7. The summed E-state index contributed by atoms with van der Waals surface area (Å²) in [7, 11) is 0. The molecule has 0 fully saturated rings. The van der Waals surface area contributed by atoms with Gasteiger partial charge in [0.15, 0.2) is 17.2 Å². The van der Waals surface area contributed by atoms with E-state index < -0.39 is 5.60 Å². The maximum absolute atomic E-state index is 12.8. The second-order valence-electron chi connectivity index (χ2n) is 6.60. The first-order valence-electron chi connectivity index (χ1n) is 8.78. The van der Waals surface area contributed by atoms with Crippen molar-refractivity contribution >= 4 is 17.3 Å². The first-order valence-corrected chi connectivity index (χ1v) is 8.78. The molecule has 0 aliphatic rings. The molecule has 26 heavy (non-hydrogen) atoms. The second kappa shape index (κ2) is 8.09. The number of carbonyl (C=O) groups is 3. The summed E-state index contributed by atoms with van der Waals surface area (Å²) in [5, 5.41) is 0. The van der Waals surface area contributed by atoms with Gasteiger partial charge in [-0.25, -0.2) is 0 Å². The molecular weight excluding hydrogens is 328 g/mol. The van der Waals surface area contributed by atoms with Gasteiger partial charge >= 0.3 is 0 Å². The van der Waals surface area contributed by atoms with Crippen LogP contribution in [0.4, 0.5) is 0 Å². The fourth-order valence-electron chi connectivity index (χ4n) is 2.61. The molecule has 0 aromatic heterocycles. The van der Waals surface area contributed by atoms with Crippen molar-refractivity contribution in [1.82, 2.24) is 0 Å². The third-order valence-corrected chi connectivity index (χ3v) is 4.21. The number of hydrogen-bond acceptors (Lipinski definition) is 4. The smallest absolute Gasteiger partial charge is 0.205 e. The molecule has 136 valence electrons. The highest BCUT2D eigenvalue weighted by molar-refractivity contribution is 6.03. The van der Waals surface area contributed by atoms with Crippen molar-refractivity contribution < 1.29 is 19.1 Å². The van der Waals surface area contributed by atoms with Gasteiger partial charge < -0.3 is 4.74 Å². The van der Waals surface area contributed by atoms with E-state index in [2.05, 4.69) is 0 Å². The summed E-state index contributed by atoms with van der Waals surface area (Å²) in [6.07, 6.45) is 0.874. The van der Waals surface area contributed by atoms with E-state index in [-0.39, 0.29) is 17.3 Å². The number of hydrogen-bond donors (Lipinski definition) is 0. The average Bonchev–Trinajstić information content (AvgIpc) is 2.66. The molecule has 0 amide bonds. The highest BCUT2D eigenvalue weighted by Gasteiger charge is 2.31. The predicted molar refractivity (Wildman–Crippen MR) is 101 cm³/mol. The molecule has 2 aromatic rings. The molecule has 0 aliphatic heterocycles. The predicted octanol–water partition coefficient (Wildman–Crippen LogP) is 4.91. The third kappa shape index (κ3) is 4.45. The number of carbonyl (C=O) groups excluding carboxylic acids is 3. The van der Waals surface area contributed by atoms with Crippen LogP contribution in [-0.4, -0.2) is 23.0 Å². The van der Waals surface area contributed by atoms with Gasteiger partial charge in [0.05, 0.1) is 0 Å². The Bertz CT molecular complexity index is 799. The maximum Gasteiger partial charge on any atom is 0.205 e. The summed E-state index contributed by atoms with van der Waals surface area (Å²) >= 11 is 0. The highest BCUT2D eigenvalue weighted by Crippen LogP contribution is 2.23. The average molecular weight is 352 g/mol. The summed E-state index contributed by atoms with van der Waals surface area (Å²) in [6.45, 7) is 7.02. The minimum atomic E-state index is -1.08. The third-order valence-electron chi connectivity index (χ3n) is 4.21. The fraction of sp³-hybridized carbons (Fsp3) is 0.318. The molecule has 0 unspecified atom stereocenters. The van der Waals surface area contributed by atoms with Crippen LogP contribution in [0.3, 0.4) is 0 Å². The molecule has 0 radical (unpaired) electrons. The van der Waals surface area contributed by atoms with Gasteiger partial charge in [-0.2, -0.15) is 0 Å². The lowest BCUT2D eigenvalue weighted by Gasteiger charge is -2.25. The largest absolute Gasteiger partial charge is 0.480 e. The Balaban J connectivity index is 2.14. The lowest BCUT2D eigenvalue weighted by atomic mass is 9.95. The van der Waals surface area contributed by atoms with E-state index in [0.29, 0.717) is 35.3 Å². The molecule has 0 heterocycles. The first kappa shape index (κ1) is 19.6. The molecule has 2 rings (SSSR count). The Morgan fingerprint density at radius 2 is 1.12 bits per heavy atom. The number of ether oxygens (including phenoxy) is 1. The second-order valence-corrected chi connectivity index (χ2v) is 6.60. The normalized spacial score (nSPS) is 11.1. The maximum atomic E-state index is 12.8. The van der Waals surface area contributed by atoms with Crippen molar-refractivity contribution in [2.75, 3.05) is 0 Å². The van der Waals surface area contributed by atoms with Crippen LogP contribution >= 0.6 is 0 Å². The summed E-state index contributed by atoms with van der Waals surface area (Å²) in [5.41, 5.74) is 0.631. The highest BCUT2D eigenvalue weighted by atomic mass is 16.5. The quantitative estimate of drug-likeness (QED) is 0.633. The Morgan fingerprint density at radius 3 is 1.54 bits per heavy atom. The monoisotopic (exact) mass is 352 g/mol. The molecule has 0 atom stereocenters. The van der Waals surface area contributed by atoms with Crippen molar-refractivity contribution in [2.24, 2.45) is 0 Å². The Hall–Kier alpha value is -2.75. The van der Waals surface area contributed by atoms with Crippen molar-refractivity contribution in [3.8, 4) is 5.75 Å². The zero-order valence-corrected chi connectivity index (χ0v) is 15.7. The summed E-state index contributed by atoms with van der Waals surface area (Å²) in [5.74, 6) is 0.449. The van der Waals surface area contributed by atoms with Crippen molar-refractivity contribution in [2.45, 2.75) is 46.1 Å². The molecule has 4 heteroatoms. The lowest BCUT2D eigenvalue weighted by Crippen LogP contribution is -2.38. The SMILES string of the molecule is CCC(=O)c1ccc(OC(C)(C)C(=O)c2ccc(C(=O)CC)cc2)cc1. The summed E-state index contributed by atoms with van der Waals surface area (Å²) < 4.78 is 5.86. The van der Waals surface area contributed by atoms with Crippen molar-refractivity contribution in [3.05, 3.63) is 65.2 Å². The number of benzene rings is 2. The molecule has 0 spiro atoms. The van der Waals surface area contributed by atoms with Gasteiger partial charge in [0, 0.05) is 29.5 Å². The topological polar surface area (TPSA) is 60.4 Å². The van der Waals surface area contributed by atoms with Crippen LogP contribution in [0, 0.1) is 0 Å². The van der Waals surface area contributed by atoms with Gasteiger partial charge in [-0.05, 0) is 38.1 Å². The first-order chi connectivity index (χ1) is 12.3. The molecular formula is C22H24O4. The van der Waals surface area contributed by atoms with Crippen molar-refractivity contribution in [3.63, 3.8) is 0 Å². The number of Topliss-reactive ketones (excluding diaryl/α,β-unsaturated/α-hetero) is 3. The van der Waals surface area contributed by atoms with E-state index in [1.807, 2.05) is 6.92 Å². The molecule has 2 aromatic carbocycles. The number of ketones is 3. The van der Waals surface area contributed by atoms with Gasteiger partial charge in [-0.15, -0.1) is 0 Å². The van der Waals surface area contributed by atoms with Crippen LogP contribution in [0.1, 0.15) is 71.6 Å². The number of rotatable bonds is 8. The van der Waals surface area contributed by atoms with E-state index in [1.54, 1.807) is 69.3 Å². The van der Waals surface area contributed by atoms with Crippen molar-refractivity contribution in [1.29, 1.82) is 0 Å². The van der Waals surface area contributed by atoms with Crippen LogP contribution in [0.25, 0.3) is 0 Å². The van der Waals surface area contributed by atoms with Crippen LogP contribution in [0.2, 0.25) is 0 Å². The lowest BCUT2D eigenvalue weighted by molar-refractivity contribution is 0.0584. The van der Waals surface area contributed by atoms with Crippen LogP contribution < -0.4 is 4.74 Å². The molecule has 4 nitrogen and oxygen atoms in total. The van der Waals surface area contributed by atoms with Gasteiger partial charge in [0.1, 0.15) is 5.75 Å². The van der Waals surface area contributed by atoms with Gasteiger partial charge in [-0.3, -0.25) is 14.4 Å². The minimum Gasteiger partial charge on any atom is -0.480 e. The van der Waals surface area contributed by atoms with Gasteiger partial charge in [0.2, 0.25) is 5.78 Å². The van der Waals surface area contributed by atoms with Gasteiger partial charge in [-0.1, -0.05) is 38.1 Å². The van der Waals surface area contributed by atoms with E-state index >= 15 is 0 Å². The summed E-state index contributed by atoms with van der Waals surface area (Å²) in [4.78, 5) is 36.2. The minimum absolute atomic E-state index is 0.0428. The molecule has 0 saturated carbocycles. The van der Waals surface area contributed by atoms with E-state index in [9.17, 15) is 14.4 Å². The van der Waals surface area contributed by atoms with E-state index in [4.69, 9.17) is 4.74 Å². The molecule has 0 bridgehead atoms. The Kier molecular flexibility index (Phi) is 6.09. The summed E-state index contributed by atoms with van der Waals surface area (Å²) in [6, 6.07) is 13.4. The van der Waals surface area contributed by atoms with E-state index in [0.717, 1.165) is 0 Å². The van der Waals surface area contributed by atoms with E-state index in [1.165, 1.54) is 0 Å². The zero-order chi connectivity index (χ0) is 19.3. The molecule has 0 aliphatic carbocycles. The van der Waals surface area contributed by atoms with Crippen LogP contribution in [-0.2, 0) is 0 Å². The Labute approximate surface area is 154 Å².